The van der Waals surface area contributed by atoms with E-state index in [1.54, 1.807) is 26.0 Å². The Morgan fingerprint density at radius 3 is 2.24 bits per heavy atom. The van der Waals surface area contributed by atoms with Gasteiger partial charge in [0.2, 0.25) is 0 Å². The Balaban J connectivity index is 5.34. The first kappa shape index (κ1) is 15.4. The van der Waals surface area contributed by atoms with Crippen molar-refractivity contribution in [1.82, 2.24) is 0 Å². The van der Waals surface area contributed by atoms with Crippen molar-refractivity contribution < 1.29 is 13.2 Å². The monoisotopic (exact) mass is 244 g/mol. The van der Waals surface area contributed by atoms with E-state index >= 15 is 0 Å². The molecule has 0 rings (SSSR count). The molecule has 0 aliphatic rings. The Morgan fingerprint density at radius 2 is 1.88 bits per heavy atom. The van der Waals surface area contributed by atoms with E-state index < -0.39 is 11.9 Å². The summed E-state index contributed by atoms with van der Waals surface area (Å²) < 4.78 is 38.4. The summed E-state index contributed by atoms with van der Waals surface area (Å²) >= 11 is 0. The van der Waals surface area contributed by atoms with Crippen LogP contribution in [0.1, 0.15) is 27.2 Å². The first-order valence-electron chi connectivity index (χ1n) is 5.17. The molecule has 0 aromatic carbocycles. The van der Waals surface area contributed by atoms with Gasteiger partial charge in [0, 0.05) is 5.57 Å². The first-order chi connectivity index (χ1) is 7.88. The van der Waals surface area contributed by atoms with Crippen molar-refractivity contribution in [1.29, 1.82) is 5.26 Å². The van der Waals surface area contributed by atoms with Gasteiger partial charge >= 0.3 is 6.18 Å². The van der Waals surface area contributed by atoms with Crippen LogP contribution in [-0.4, -0.2) is 18.4 Å². The smallest absolute Gasteiger partial charge is 0.279 e. The standard InChI is InChI=1S/C12H15F3N2/c1-4-9(3)10(5-2)11(12(13,14)15)17-8-6-7-16/h4-5H,6,8H2,1-3H3/b9-4+,10-5-,17-11?. The molecule has 0 saturated carbocycles. The zero-order valence-corrected chi connectivity index (χ0v) is 10.1. The zero-order valence-electron chi connectivity index (χ0n) is 10.1. The van der Waals surface area contributed by atoms with Gasteiger partial charge in [-0.1, -0.05) is 12.2 Å². The maximum absolute atomic E-state index is 12.8. The van der Waals surface area contributed by atoms with E-state index in [1.807, 2.05) is 0 Å². The molecule has 17 heavy (non-hydrogen) atoms. The van der Waals surface area contributed by atoms with Gasteiger partial charge in [0.25, 0.3) is 0 Å². The van der Waals surface area contributed by atoms with Crippen LogP contribution in [0.4, 0.5) is 13.2 Å². The van der Waals surface area contributed by atoms with Gasteiger partial charge in [-0.15, -0.1) is 0 Å². The van der Waals surface area contributed by atoms with E-state index in [2.05, 4.69) is 4.99 Å². The summed E-state index contributed by atoms with van der Waals surface area (Å²) in [7, 11) is 0. The van der Waals surface area contributed by atoms with Gasteiger partial charge in [0.15, 0.2) is 0 Å². The second-order valence-electron chi connectivity index (χ2n) is 3.31. The first-order valence-corrected chi connectivity index (χ1v) is 5.17. The van der Waals surface area contributed by atoms with Crippen LogP contribution in [0.5, 0.6) is 0 Å². The number of allylic oxidation sites excluding steroid dienone is 4. The van der Waals surface area contributed by atoms with Crippen LogP contribution < -0.4 is 0 Å². The molecule has 0 fully saturated rings. The van der Waals surface area contributed by atoms with E-state index in [-0.39, 0.29) is 18.5 Å². The second-order valence-corrected chi connectivity index (χ2v) is 3.31. The number of nitriles is 1. The molecule has 0 saturated heterocycles. The number of rotatable bonds is 4. The number of nitrogens with zero attached hydrogens (tertiary/aromatic N) is 2. The summed E-state index contributed by atoms with van der Waals surface area (Å²) in [5.74, 6) is 0. The van der Waals surface area contributed by atoms with Gasteiger partial charge in [-0.3, -0.25) is 4.99 Å². The molecule has 0 spiro atoms. The number of hydrogen-bond acceptors (Lipinski definition) is 2. The molecule has 0 aliphatic carbocycles. The third-order valence-corrected chi connectivity index (χ3v) is 2.16. The second kappa shape index (κ2) is 6.89. The molecular weight excluding hydrogens is 229 g/mol. The largest absolute Gasteiger partial charge is 0.433 e. The fourth-order valence-corrected chi connectivity index (χ4v) is 1.25. The van der Waals surface area contributed by atoms with Crippen LogP contribution >= 0.6 is 0 Å². The Hall–Kier alpha value is -1.57. The third-order valence-electron chi connectivity index (χ3n) is 2.16. The molecule has 0 radical (unpaired) electrons. The van der Waals surface area contributed by atoms with E-state index in [0.717, 1.165) is 0 Å². The minimum atomic E-state index is -4.50. The van der Waals surface area contributed by atoms with E-state index in [9.17, 15) is 13.2 Å². The predicted octanol–water partition coefficient (Wildman–Crippen LogP) is 3.82. The van der Waals surface area contributed by atoms with Gasteiger partial charge in [-0.05, 0) is 26.3 Å². The third kappa shape index (κ3) is 4.85. The quantitative estimate of drug-likeness (QED) is 0.420. The van der Waals surface area contributed by atoms with Gasteiger partial charge in [0.1, 0.15) is 5.71 Å². The van der Waals surface area contributed by atoms with Crippen molar-refractivity contribution in [2.75, 3.05) is 6.54 Å². The Kier molecular flexibility index (Phi) is 6.26. The molecule has 0 atom stereocenters. The van der Waals surface area contributed by atoms with Crippen LogP contribution in [0.2, 0.25) is 0 Å². The van der Waals surface area contributed by atoms with Crippen LogP contribution in [0, 0.1) is 11.3 Å². The summed E-state index contributed by atoms with van der Waals surface area (Å²) in [6.07, 6.45) is -1.54. The summed E-state index contributed by atoms with van der Waals surface area (Å²) in [6, 6.07) is 1.77. The minimum Gasteiger partial charge on any atom is -0.279 e. The number of alkyl halides is 3. The molecule has 94 valence electrons. The fraction of sp³-hybridized carbons (Fsp3) is 0.500. The summed E-state index contributed by atoms with van der Waals surface area (Å²) in [5, 5.41) is 8.31. The molecule has 5 heteroatoms. The summed E-state index contributed by atoms with van der Waals surface area (Å²) in [5.41, 5.74) is -0.329. The SMILES string of the molecule is C/C=C(C(=NCCC#N)C(F)(F)F)/C(C)=C/C. The summed E-state index contributed by atoms with van der Waals surface area (Å²) in [6.45, 7) is 4.66. The molecule has 0 aromatic rings. The minimum absolute atomic E-state index is 0.0224. The molecule has 0 amide bonds. The van der Waals surface area contributed by atoms with E-state index in [0.29, 0.717) is 5.57 Å². The zero-order chi connectivity index (χ0) is 13.5. The van der Waals surface area contributed by atoms with Crippen molar-refractivity contribution >= 4 is 5.71 Å². The molecule has 0 unspecified atom stereocenters. The Bertz CT molecular complexity index is 382. The highest BCUT2D eigenvalue weighted by molar-refractivity contribution is 6.07. The van der Waals surface area contributed by atoms with Gasteiger partial charge < -0.3 is 0 Å². The maximum atomic E-state index is 12.8. The van der Waals surface area contributed by atoms with Crippen molar-refractivity contribution in [3.05, 3.63) is 23.3 Å². The lowest BCUT2D eigenvalue weighted by Gasteiger charge is -2.14. The van der Waals surface area contributed by atoms with Gasteiger partial charge in [-0.25, -0.2) is 0 Å². The van der Waals surface area contributed by atoms with Crippen LogP contribution in [0.25, 0.3) is 0 Å². The topological polar surface area (TPSA) is 36.1 Å². The van der Waals surface area contributed by atoms with Crippen LogP contribution in [-0.2, 0) is 0 Å². The molecule has 0 heterocycles. The van der Waals surface area contributed by atoms with E-state index in [1.165, 1.54) is 13.0 Å². The lowest BCUT2D eigenvalue weighted by Crippen LogP contribution is -2.26. The maximum Gasteiger partial charge on any atom is 0.433 e. The lowest BCUT2D eigenvalue weighted by molar-refractivity contribution is -0.0583. The van der Waals surface area contributed by atoms with Crippen molar-refractivity contribution in [3.63, 3.8) is 0 Å². The number of hydrogen-bond donors (Lipinski definition) is 0. The molecular formula is C12H15F3N2. The highest BCUT2D eigenvalue weighted by Gasteiger charge is 2.37. The highest BCUT2D eigenvalue weighted by Crippen LogP contribution is 2.26. The van der Waals surface area contributed by atoms with Crippen molar-refractivity contribution in [3.8, 4) is 6.07 Å². The van der Waals surface area contributed by atoms with Crippen molar-refractivity contribution in [2.24, 2.45) is 4.99 Å². The number of halogens is 3. The average Bonchev–Trinajstić information content (AvgIpc) is 2.26. The molecule has 0 bridgehead atoms. The fourth-order valence-electron chi connectivity index (χ4n) is 1.25. The van der Waals surface area contributed by atoms with Gasteiger partial charge in [-0.2, -0.15) is 18.4 Å². The van der Waals surface area contributed by atoms with Crippen LogP contribution in [0.3, 0.4) is 0 Å². The molecule has 0 aromatic heterocycles. The Morgan fingerprint density at radius 1 is 1.29 bits per heavy atom. The summed E-state index contributed by atoms with van der Waals surface area (Å²) in [4.78, 5) is 3.48. The molecule has 0 aliphatic heterocycles. The average molecular weight is 244 g/mol. The van der Waals surface area contributed by atoms with E-state index in [4.69, 9.17) is 5.26 Å². The van der Waals surface area contributed by atoms with Crippen LogP contribution in [0.15, 0.2) is 28.3 Å². The predicted molar refractivity (Wildman–Crippen MR) is 61.8 cm³/mol. The van der Waals surface area contributed by atoms with Crippen molar-refractivity contribution in [2.45, 2.75) is 33.4 Å². The highest BCUT2D eigenvalue weighted by atomic mass is 19.4. The Labute approximate surface area is 99.2 Å². The number of aliphatic imine (C=N–C) groups is 1. The normalized spacial score (nSPS) is 14.8. The van der Waals surface area contributed by atoms with Gasteiger partial charge in [0.05, 0.1) is 19.0 Å². The molecule has 2 nitrogen and oxygen atoms in total. The molecule has 0 N–H and O–H groups in total. The lowest BCUT2D eigenvalue weighted by atomic mass is 10.0.